The summed E-state index contributed by atoms with van der Waals surface area (Å²) >= 11 is 0. The van der Waals surface area contributed by atoms with Gasteiger partial charge in [-0.2, -0.15) is 0 Å². The summed E-state index contributed by atoms with van der Waals surface area (Å²) in [6, 6.07) is 17.0. The van der Waals surface area contributed by atoms with E-state index in [4.69, 9.17) is 4.42 Å². The quantitative estimate of drug-likeness (QED) is 0.557. The van der Waals surface area contributed by atoms with Gasteiger partial charge in [-0.3, -0.25) is 4.79 Å². The number of aromatic nitrogens is 5. The Morgan fingerprint density at radius 3 is 2.61 bits per heavy atom. The number of amides is 1. The third kappa shape index (κ3) is 3.96. The van der Waals surface area contributed by atoms with Crippen molar-refractivity contribution in [1.29, 1.82) is 0 Å². The molecule has 2 aromatic heterocycles. The number of tetrazole rings is 1. The van der Waals surface area contributed by atoms with Crippen molar-refractivity contribution in [2.24, 2.45) is 0 Å². The predicted molar refractivity (Wildman–Crippen MR) is 101 cm³/mol. The lowest BCUT2D eigenvalue weighted by Crippen LogP contribution is -2.22. The maximum atomic E-state index is 12.4. The Morgan fingerprint density at radius 2 is 1.89 bits per heavy atom. The highest BCUT2D eigenvalue weighted by molar-refractivity contribution is 5.94. The van der Waals surface area contributed by atoms with Gasteiger partial charge >= 0.3 is 0 Å². The standard InChI is InChI=1S/C20H18N6O2/c1-14-23-24-25-26(14)12-15-7-9-16(10-8-15)19(27)21-11-18-13-28-20(22-18)17-5-3-2-4-6-17/h2-10,13H,11-12H2,1H3,(H,21,27). The second kappa shape index (κ2) is 7.83. The molecule has 4 rings (SSSR count). The Balaban J connectivity index is 1.35. The van der Waals surface area contributed by atoms with Crippen LogP contribution in [0.1, 0.15) is 27.4 Å². The van der Waals surface area contributed by atoms with Gasteiger partial charge in [-0.05, 0) is 47.2 Å². The van der Waals surface area contributed by atoms with E-state index in [0.717, 1.165) is 17.0 Å². The van der Waals surface area contributed by atoms with E-state index in [-0.39, 0.29) is 5.91 Å². The van der Waals surface area contributed by atoms with Crippen LogP contribution in [0.4, 0.5) is 0 Å². The van der Waals surface area contributed by atoms with E-state index in [0.29, 0.717) is 30.2 Å². The molecule has 0 unspecified atom stereocenters. The van der Waals surface area contributed by atoms with Crippen molar-refractivity contribution in [2.75, 3.05) is 0 Å². The number of benzene rings is 2. The second-order valence-corrected chi connectivity index (χ2v) is 6.27. The Hall–Kier alpha value is -3.81. The summed E-state index contributed by atoms with van der Waals surface area (Å²) in [6.07, 6.45) is 1.56. The second-order valence-electron chi connectivity index (χ2n) is 6.27. The van der Waals surface area contributed by atoms with E-state index in [1.54, 1.807) is 23.1 Å². The van der Waals surface area contributed by atoms with Gasteiger partial charge < -0.3 is 9.73 Å². The van der Waals surface area contributed by atoms with Crippen LogP contribution in [0.3, 0.4) is 0 Å². The van der Waals surface area contributed by atoms with Crippen molar-refractivity contribution in [3.8, 4) is 11.5 Å². The fourth-order valence-corrected chi connectivity index (χ4v) is 2.70. The van der Waals surface area contributed by atoms with Crippen LogP contribution in [0.2, 0.25) is 0 Å². The molecular formula is C20H18N6O2. The summed E-state index contributed by atoms with van der Waals surface area (Å²) in [5.41, 5.74) is 3.14. The topological polar surface area (TPSA) is 98.7 Å². The molecule has 2 heterocycles. The first kappa shape index (κ1) is 17.6. The molecular weight excluding hydrogens is 356 g/mol. The van der Waals surface area contributed by atoms with Crippen LogP contribution >= 0.6 is 0 Å². The van der Waals surface area contributed by atoms with Gasteiger partial charge in [0.05, 0.1) is 18.8 Å². The zero-order valence-corrected chi connectivity index (χ0v) is 15.2. The molecule has 0 aliphatic rings. The monoisotopic (exact) mass is 374 g/mol. The maximum absolute atomic E-state index is 12.4. The SMILES string of the molecule is Cc1nnnn1Cc1ccc(C(=O)NCc2coc(-c3ccccc3)n2)cc1. The minimum absolute atomic E-state index is 0.172. The smallest absolute Gasteiger partial charge is 0.251 e. The fraction of sp³-hybridized carbons (Fsp3) is 0.150. The summed E-state index contributed by atoms with van der Waals surface area (Å²) in [7, 11) is 0. The number of hydrogen-bond acceptors (Lipinski definition) is 6. The molecule has 140 valence electrons. The molecule has 1 amide bonds. The average molecular weight is 374 g/mol. The van der Waals surface area contributed by atoms with E-state index >= 15 is 0 Å². The van der Waals surface area contributed by atoms with E-state index in [1.165, 1.54) is 0 Å². The average Bonchev–Trinajstić information content (AvgIpc) is 3.37. The number of oxazole rings is 1. The molecule has 0 saturated carbocycles. The van der Waals surface area contributed by atoms with Crippen molar-refractivity contribution in [3.05, 3.63) is 83.5 Å². The molecule has 0 fully saturated rings. The highest BCUT2D eigenvalue weighted by Crippen LogP contribution is 2.17. The van der Waals surface area contributed by atoms with E-state index < -0.39 is 0 Å². The Kier molecular flexibility index (Phi) is 4.92. The predicted octanol–water partition coefficient (Wildman–Crippen LogP) is 2.61. The lowest BCUT2D eigenvalue weighted by atomic mass is 10.1. The van der Waals surface area contributed by atoms with Gasteiger partial charge in [0.1, 0.15) is 12.1 Å². The van der Waals surface area contributed by atoms with Gasteiger partial charge in [0, 0.05) is 11.1 Å². The molecule has 0 atom stereocenters. The van der Waals surface area contributed by atoms with Crippen molar-refractivity contribution in [1.82, 2.24) is 30.5 Å². The van der Waals surface area contributed by atoms with Gasteiger partial charge in [-0.15, -0.1) is 5.10 Å². The van der Waals surface area contributed by atoms with Gasteiger partial charge in [0.2, 0.25) is 5.89 Å². The Labute approximate surface area is 161 Å². The summed E-state index contributed by atoms with van der Waals surface area (Å²) in [5.74, 6) is 1.10. The summed E-state index contributed by atoms with van der Waals surface area (Å²) < 4.78 is 7.18. The molecule has 8 nitrogen and oxygen atoms in total. The molecule has 0 aliphatic carbocycles. The van der Waals surface area contributed by atoms with Crippen LogP contribution in [-0.4, -0.2) is 31.1 Å². The number of hydrogen-bond donors (Lipinski definition) is 1. The number of carbonyl (C=O) groups is 1. The molecule has 0 spiro atoms. The highest BCUT2D eigenvalue weighted by atomic mass is 16.3. The molecule has 2 aromatic carbocycles. The maximum Gasteiger partial charge on any atom is 0.251 e. The third-order valence-electron chi connectivity index (χ3n) is 4.26. The first-order valence-corrected chi connectivity index (χ1v) is 8.79. The van der Waals surface area contributed by atoms with Crippen molar-refractivity contribution in [2.45, 2.75) is 20.0 Å². The highest BCUT2D eigenvalue weighted by Gasteiger charge is 2.10. The number of aryl methyl sites for hydroxylation is 1. The van der Waals surface area contributed by atoms with Crippen molar-refractivity contribution >= 4 is 5.91 Å². The molecule has 0 bridgehead atoms. The zero-order valence-electron chi connectivity index (χ0n) is 15.2. The molecule has 8 heteroatoms. The number of rotatable bonds is 6. The molecule has 1 N–H and O–H groups in total. The van der Waals surface area contributed by atoms with Crippen molar-refractivity contribution < 1.29 is 9.21 Å². The van der Waals surface area contributed by atoms with Gasteiger partial charge in [0.25, 0.3) is 5.91 Å². The largest absolute Gasteiger partial charge is 0.444 e. The van der Waals surface area contributed by atoms with Crippen LogP contribution in [0, 0.1) is 6.92 Å². The minimum atomic E-state index is -0.172. The van der Waals surface area contributed by atoms with Crippen molar-refractivity contribution in [3.63, 3.8) is 0 Å². The summed E-state index contributed by atoms with van der Waals surface area (Å²) in [4.78, 5) is 16.8. The normalized spacial score (nSPS) is 10.8. The molecule has 0 radical (unpaired) electrons. The van der Waals surface area contributed by atoms with Crippen LogP contribution in [0.25, 0.3) is 11.5 Å². The summed E-state index contributed by atoms with van der Waals surface area (Å²) in [5, 5.41) is 14.3. The third-order valence-corrected chi connectivity index (χ3v) is 4.26. The van der Waals surface area contributed by atoms with Gasteiger partial charge in [-0.1, -0.05) is 30.3 Å². The molecule has 0 aliphatic heterocycles. The Bertz CT molecular complexity index is 1070. The van der Waals surface area contributed by atoms with E-state index in [2.05, 4.69) is 25.8 Å². The molecule has 28 heavy (non-hydrogen) atoms. The lowest BCUT2D eigenvalue weighted by Gasteiger charge is -2.05. The molecule has 0 saturated heterocycles. The Morgan fingerprint density at radius 1 is 1.11 bits per heavy atom. The molecule has 4 aromatic rings. The number of carbonyl (C=O) groups excluding carboxylic acids is 1. The van der Waals surface area contributed by atoms with Gasteiger partial charge in [0.15, 0.2) is 0 Å². The van der Waals surface area contributed by atoms with Crippen LogP contribution in [-0.2, 0) is 13.1 Å². The number of nitrogens with one attached hydrogen (secondary N) is 1. The van der Waals surface area contributed by atoms with Crippen LogP contribution < -0.4 is 5.32 Å². The van der Waals surface area contributed by atoms with Crippen LogP contribution in [0.15, 0.2) is 65.3 Å². The van der Waals surface area contributed by atoms with E-state index in [1.807, 2.05) is 49.4 Å². The fourth-order valence-electron chi connectivity index (χ4n) is 2.70. The first-order chi connectivity index (χ1) is 13.7. The first-order valence-electron chi connectivity index (χ1n) is 8.79. The van der Waals surface area contributed by atoms with Crippen LogP contribution in [0.5, 0.6) is 0 Å². The van der Waals surface area contributed by atoms with Gasteiger partial charge in [-0.25, -0.2) is 9.67 Å². The zero-order chi connectivity index (χ0) is 19.3. The number of nitrogens with zero attached hydrogens (tertiary/aromatic N) is 5. The summed E-state index contributed by atoms with van der Waals surface area (Å²) in [6.45, 7) is 2.69. The lowest BCUT2D eigenvalue weighted by molar-refractivity contribution is 0.0950. The minimum Gasteiger partial charge on any atom is -0.444 e. The van der Waals surface area contributed by atoms with E-state index in [9.17, 15) is 4.79 Å².